The highest BCUT2D eigenvalue weighted by molar-refractivity contribution is 7.89. The maximum Gasteiger partial charge on any atom is 0.240 e. The molecule has 0 aliphatic rings. The van der Waals surface area contributed by atoms with Crippen LogP contribution in [0.5, 0.6) is 0 Å². The van der Waals surface area contributed by atoms with Gasteiger partial charge in [-0.15, -0.1) is 0 Å². The Morgan fingerprint density at radius 1 is 1.05 bits per heavy atom. The number of nitrogens with zero attached hydrogens (tertiary/aromatic N) is 1. The molecule has 1 heterocycles. The smallest absolute Gasteiger partial charge is 0.240 e. The summed E-state index contributed by atoms with van der Waals surface area (Å²) in [4.78, 5) is 4.18. The lowest BCUT2D eigenvalue weighted by atomic mass is 10.0. The van der Waals surface area contributed by atoms with Gasteiger partial charge in [0.05, 0.1) is 4.90 Å². The normalized spacial score (nSPS) is 11.8. The minimum Gasteiger partial charge on any atom is -0.265 e. The van der Waals surface area contributed by atoms with Gasteiger partial charge >= 0.3 is 0 Å². The average molecular weight is 290 g/mol. The Kier molecular flexibility index (Phi) is 4.52. The third kappa shape index (κ3) is 3.65. The van der Waals surface area contributed by atoms with E-state index in [0.717, 1.165) is 11.1 Å². The molecule has 1 aromatic carbocycles. The summed E-state index contributed by atoms with van der Waals surface area (Å²) in [5.41, 5.74) is 2.00. The second-order valence-corrected chi connectivity index (χ2v) is 6.67. The topological polar surface area (TPSA) is 59.1 Å². The number of pyridine rings is 1. The number of hydrogen-bond donors (Lipinski definition) is 1. The summed E-state index contributed by atoms with van der Waals surface area (Å²) in [6.45, 7) is 4.41. The Bertz CT molecular complexity index is 650. The van der Waals surface area contributed by atoms with Gasteiger partial charge in [-0.1, -0.05) is 26.0 Å². The first-order valence-electron chi connectivity index (χ1n) is 6.47. The minimum absolute atomic E-state index is 0.261. The van der Waals surface area contributed by atoms with Crippen molar-refractivity contribution in [3.63, 3.8) is 0 Å². The Balaban J connectivity index is 2.10. The van der Waals surface area contributed by atoms with E-state index in [4.69, 9.17) is 0 Å². The minimum atomic E-state index is -3.47. The molecule has 0 radical (unpaired) electrons. The molecule has 1 N–H and O–H groups in total. The molecule has 106 valence electrons. The van der Waals surface area contributed by atoms with Gasteiger partial charge in [0.25, 0.3) is 0 Å². The summed E-state index contributed by atoms with van der Waals surface area (Å²) in [6.07, 6.45) is 3.28. The molecule has 0 spiro atoms. The number of benzene rings is 1. The van der Waals surface area contributed by atoms with Crippen LogP contribution in [0, 0.1) is 0 Å². The van der Waals surface area contributed by atoms with Gasteiger partial charge in [-0.25, -0.2) is 13.1 Å². The van der Waals surface area contributed by atoms with Gasteiger partial charge in [-0.3, -0.25) is 4.98 Å². The zero-order valence-corrected chi connectivity index (χ0v) is 12.4. The number of nitrogens with one attached hydrogen (secondary N) is 1. The Morgan fingerprint density at radius 2 is 1.65 bits per heavy atom. The first-order chi connectivity index (χ1) is 9.49. The highest BCUT2D eigenvalue weighted by Crippen LogP contribution is 2.17. The lowest BCUT2D eigenvalue weighted by Crippen LogP contribution is -2.23. The molecule has 2 aromatic rings. The molecule has 0 aliphatic carbocycles. The van der Waals surface area contributed by atoms with E-state index in [2.05, 4.69) is 23.6 Å². The van der Waals surface area contributed by atoms with Crippen molar-refractivity contribution in [3.05, 3.63) is 59.9 Å². The number of hydrogen-bond acceptors (Lipinski definition) is 3. The van der Waals surface area contributed by atoms with E-state index in [1.165, 1.54) is 0 Å². The summed E-state index contributed by atoms with van der Waals surface area (Å²) in [6, 6.07) is 10.6. The van der Waals surface area contributed by atoms with Crippen molar-refractivity contribution in [2.75, 3.05) is 0 Å². The molecule has 0 fully saturated rings. The summed E-state index contributed by atoms with van der Waals surface area (Å²) in [5, 5.41) is 0. The van der Waals surface area contributed by atoms with E-state index in [1.54, 1.807) is 36.7 Å². The van der Waals surface area contributed by atoms with Crippen molar-refractivity contribution in [2.24, 2.45) is 0 Å². The summed E-state index contributed by atoms with van der Waals surface area (Å²) in [5.74, 6) is 0.386. The predicted octanol–water partition coefficient (Wildman–Crippen LogP) is 2.68. The van der Waals surface area contributed by atoms with Gasteiger partial charge in [0.15, 0.2) is 0 Å². The number of aromatic nitrogens is 1. The van der Waals surface area contributed by atoms with E-state index in [-0.39, 0.29) is 11.4 Å². The molecule has 0 saturated heterocycles. The highest BCUT2D eigenvalue weighted by Gasteiger charge is 2.13. The molecule has 0 saturated carbocycles. The van der Waals surface area contributed by atoms with Crippen LogP contribution in [0.2, 0.25) is 0 Å². The number of sulfonamides is 1. The van der Waals surface area contributed by atoms with Crippen molar-refractivity contribution < 1.29 is 8.42 Å². The summed E-state index contributed by atoms with van der Waals surface area (Å²) < 4.78 is 26.9. The maximum absolute atomic E-state index is 12.2. The largest absolute Gasteiger partial charge is 0.265 e. The van der Waals surface area contributed by atoms with E-state index in [9.17, 15) is 8.42 Å². The van der Waals surface area contributed by atoms with Crippen LogP contribution in [-0.4, -0.2) is 13.4 Å². The molecule has 4 nitrogen and oxygen atoms in total. The van der Waals surface area contributed by atoms with Gasteiger partial charge < -0.3 is 0 Å². The van der Waals surface area contributed by atoms with Gasteiger partial charge in [-0.2, -0.15) is 0 Å². The van der Waals surface area contributed by atoms with Gasteiger partial charge in [-0.05, 0) is 41.3 Å². The summed E-state index contributed by atoms with van der Waals surface area (Å²) >= 11 is 0. The van der Waals surface area contributed by atoms with E-state index >= 15 is 0 Å². The van der Waals surface area contributed by atoms with Crippen LogP contribution in [0.3, 0.4) is 0 Å². The zero-order valence-electron chi connectivity index (χ0n) is 11.6. The monoisotopic (exact) mass is 290 g/mol. The highest BCUT2D eigenvalue weighted by atomic mass is 32.2. The van der Waals surface area contributed by atoms with Crippen molar-refractivity contribution in [1.82, 2.24) is 9.71 Å². The van der Waals surface area contributed by atoms with Crippen molar-refractivity contribution >= 4 is 10.0 Å². The Hall–Kier alpha value is -1.72. The molecule has 20 heavy (non-hydrogen) atoms. The summed E-state index contributed by atoms with van der Waals surface area (Å²) in [7, 11) is -3.47. The van der Waals surface area contributed by atoms with Gasteiger partial charge in [0.2, 0.25) is 10.0 Å². The molecule has 0 bridgehead atoms. The van der Waals surface area contributed by atoms with E-state index in [1.807, 2.05) is 12.1 Å². The molecule has 0 unspecified atom stereocenters. The van der Waals surface area contributed by atoms with Crippen molar-refractivity contribution in [2.45, 2.75) is 31.2 Å². The van der Waals surface area contributed by atoms with Crippen molar-refractivity contribution in [1.29, 1.82) is 0 Å². The number of rotatable bonds is 5. The fraction of sp³-hybridized carbons (Fsp3) is 0.267. The van der Waals surface area contributed by atoms with E-state index < -0.39 is 10.0 Å². The predicted molar refractivity (Wildman–Crippen MR) is 78.8 cm³/mol. The van der Waals surface area contributed by atoms with Crippen LogP contribution < -0.4 is 4.72 Å². The van der Waals surface area contributed by atoms with Crippen LogP contribution in [0.25, 0.3) is 0 Å². The van der Waals surface area contributed by atoms with Crippen LogP contribution in [0.4, 0.5) is 0 Å². The third-order valence-corrected chi connectivity index (χ3v) is 4.49. The second kappa shape index (κ2) is 6.15. The van der Waals surface area contributed by atoms with Gasteiger partial charge in [0.1, 0.15) is 0 Å². The molecule has 0 atom stereocenters. The third-order valence-electron chi connectivity index (χ3n) is 3.07. The molecule has 1 aromatic heterocycles. The van der Waals surface area contributed by atoms with Gasteiger partial charge in [0, 0.05) is 18.9 Å². The molecular weight excluding hydrogens is 272 g/mol. The van der Waals surface area contributed by atoms with Crippen LogP contribution in [0.15, 0.2) is 53.7 Å². The first kappa shape index (κ1) is 14.7. The van der Waals surface area contributed by atoms with Crippen LogP contribution in [-0.2, 0) is 16.6 Å². The Morgan fingerprint density at radius 3 is 2.20 bits per heavy atom. The first-order valence-corrected chi connectivity index (χ1v) is 7.96. The molecule has 0 amide bonds. The SMILES string of the molecule is CC(C)c1ccc(S(=O)(=O)NCc2ccncc2)cc1. The standard InChI is InChI=1S/C15H18N2O2S/c1-12(2)14-3-5-15(6-4-14)20(18,19)17-11-13-7-9-16-10-8-13/h3-10,12,17H,11H2,1-2H3. The molecule has 5 heteroatoms. The molecule has 0 aliphatic heterocycles. The average Bonchev–Trinajstić information content (AvgIpc) is 2.46. The fourth-order valence-corrected chi connectivity index (χ4v) is 2.81. The molecular formula is C15H18N2O2S. The van der Waals surface area contributed by atoms with Crippen molar-refractivity contribution in [3.8, 4) is 0 Å². The lowest BCUT2D eigenvalue weighted by Gasteiger charge is -2.09. The maximum atomic E-state index is 12.2. The van der Waals surface area contributed by atoms with Crippen LogP contribution in [0.1, 0.15) is 30.9 Å². The van der Waals surface area contributed by atoms with Crippen LogP contribution >= 0.6 is 0 Å². The van der Waals surface area contributed by atoms with E-state index in [0.29, 0.717) is 5.92 Å². The molecule has 2 rings (SSSR count). The fourth-order valence-electron chi connectivity index (χ4n) is 1.79. The lowest BCUT2D eigenvalue weighted by molar-refractivity contribution is 0.581. The zero-order chi connectivity index (χ0) is 14.6. The quantitative estimate of drug-likeness (QED) is 0.921. The second-order valence-electron chi connectivity index (χ2n) is 4.90. The Labute approximate surface area is 119 Å².